The maximum absolute atomic E-state index is 4.86. The molecule has 0 aliphatic heterocycles. The van der Waals surface area contributed by atoms with E-state index in [0.717, 1.165) is 0 Å². The van der Waals surface area contributed by atoms with E-state index in [-0.39, 0.29) is 12.4 Å². The van der Waals surface area contributed by atoms with Crippen molar-refractivity contribution in [3.63, 3.8) is 0 Å². The van der Waals surface area contributed by atoms with E-state index in [1.165, 1.54) is 0 Å². The van der Waals surface area contributed by atoms with E-state index >= 15 is 0 Å². The minimum absolute atomic E-state index is 0. The first-order valence-electron chi connectivity index (χ1n) is 2.90. The zero-order chi connectivity index (χ0) is 7.40. The molecule has 62 valence electrons. The first-order chi connectivity index (χ1) is 4.86. The van der Waals surface area contributed by atoms with E-state index < -0.39 is 0 Å². The van der Waals surface area contributed by atoms with Crippen molar-refractivity contribution in [3.8, 4) is 5.75 Å². The van der Waals surface area contributed by atoms with Crippen LogP contribution in [0.5, 0.6) is 5.75 Å². The predicted octanol–water partition coefficient (Wildman–Crippen LogP) is 0.949. The zero-order valence-corrected chi connectivity index (χ0v) is 7.18. The largest absolute Gasteiger partial charge is 0.494 e. The van der Waals surface area contributed by atoms with Crippen LogP contribution < -0.4 is 10.1 Å². The number of ether oxygens (including phenoxy) is 1. The van der Waals surface area contributed by atoms with E-state index in [0.29, 0.717) is 11.7 Å². The van der Waals surface area contributed by atoms with Gasteiger partial charge in [0.05, 0.1) is 19.5 Å². The molecule has 0 bridgehead atoms. The van der Waals surface area contributed by atoms with Crippen LogP contribution in [0.1, 0.15) is 0 Å². The van der Waals surface area contributed by atoms with E-state index in [1.54, 1.807) is 26.6 Å². The Hall–Kier alpha value is -1.03. The summed E-state index contributed by atoms with van der Waals surface area (Å²) in [6, 6.07) is 0. The SMILES string of the molecule is CNc1ncc(OC)cn1.Cl. The summed E-state index contributed by atoms with van der Waals surface area (Å²) in [5, 5.41) is 2.80. The van der Waals surface area contributed by atoms with Gasteiger partial charge < -0.3 is 10.1 Å². The van der Waals surface area contributed by atoms with E-state index in [2.05, 4.69) is 15.3 Å². The summed E-state index contributed by atoms with van der Waals surface area (Å²) in [7, 11) is 3.35. The first kappa shape index (κ1) is 9.97. The number of nitrogens with one attached hydrogen (secondary N) is 1. The van der Waals surface area contributed by atoms with Crippen LogP contribution in [0.15, 0.2) is 12.4 Å². The predicted molar refractivity (Wildman–Crippen MR) is 45.4 cm³/mol. The molecule has 0 unspecified atom stereocenters. The average Bonchev–Trinajstić information content (AvgIpc) is 2.05. The summed E-state index contributed by atoms with van der Waals surface area (Å²) in [5.41, 5.74) is 0. The minimum atomic E-state index is 0. The van der Waals surface area contributed by atoms with Crippen LogP contribution in [0.2, 0.25) is 0 Å². The second-order valence-electron chi connectivity index (χ2n) is 1.70. The molecule has 1 heterocycles. The molecule has 0 saturated heterocycles. The van der Waals surface area contributed by atoms with E-state index in [9.17, 15) is 0 Å². The molecule has 0 amide bonds. The topological polar surface area (TPSA) is 47.0 Å². The highest BCUT2D eigenvalue weighted by Crippen LogP contribution is 2.05. The van der Waals surface area contributed by atoms with Gasteiger partial charge >= 0.3 is 0 Å². The summed E-state index contributed by atoms with van der Waals surface area (Å²) >= 11 is 0. The molecule has 1 aromatic heterocycles. The van der Waals surface area contributed by atoms with Crippen molar-refractivity contribution in [2.45, 2.75) is 0 Å². The lowest BCUT2D eigenvalue weighted by molar-refractivity contribution is 0.411. The maximum Gasteiger partial charge on any atom is 0.222 e. The highest BCUT2D eigenvalue weighted by Gasteiger charge is 1.91. The second kappa shape index (κ2) is 4.73. The standard InChI is InChI=1S/C6H9N3O.ClH/c1-7-6-8-3-5(10-2)4-9-6;/h3-4H,1-2H3,(H,7,8,9);1H. The fraction of sp³-hybridized carbons (Fsp3) is 0.333. The van der Waals surface area contributed by atoms with Gasteiger partial charge in [0.1, 0.15) is 0 Å². The van der Waals surface area contributed by atoms with Gasteiger partial charge in [-0.1, -0.05) is 0 Å². The van der Waals surface area contributed by atoms with Gasteiger partial charge in [0, 0.05) is 7.05 Å². The molecule has 1 N–H and O–H groups in total. The normalized spacial score (nSPS) is 8.18. The van der Waals surface area contributed by atoms with Crippen molar-refractivity contribution in [2.75, 3.05) is 19.5 Å². The Morgan fingerprint density at radius 2 is 1.91 bits per heavy atom. The number of hydrogen-bond donors (Lipinski definition) is 1. The molecule has 0 aliphatic carbocycles. The third kappa shape index (κ3) is 2.59. The number of anilines is 1. The van der Waals surface area contributed by atoms with Crippen LogP contribution in [0.4, 0.5) is 5.95 Å². The van der Waals surface area contributed by atoms with Gasteiger partial charge in [-0.2, -0.15) is 0 Å². The Kier molecular flexibility index (Phi) is 4.29. The molecule has 5 heteroatoms. The molecule has 0 spiro atoms. The smallest absolute Gasteiger partial charge is 0.222 e. The van der Waals surface area contributed by atoms with Crippen LogP contribution in [-0.4, -0.2) is 24.1 Å². The highest BCUT2D eigenvalue weighted by atomic mass is 35.5. The van der Waals surface area contributed by atoms with Gasteiger partial charge in [-0.15, -0.1) is 12.4 Å². The van der Waals surface area contributed by atoms with Crippen molar-refractivity contribution in [3.05, 3.63) is 12.4 Å². The van der Waals surface area contributed by atoms with Gasteiger partial charge in [-0.25, -0.2) is 9.97 Å². The van der Waals surface area contributed by atoms with Crippen molar-refractivity contribution in [1.82, 2.24) is 9.97 Å². The van der Waals surface area contributed by atoms with Crippen LogP contribution in [0, 0.1) is 0 Å². The van der Waals surface area contributed by atoms with Crippen LogP contribution in [0.3, 0.4) is 0 Å². The Morgan fingerprint density at radius 1 is 1.36 bits per heavy atom. The molecule has 0 aromatic carbocycles. The lowest BCUT2D eigenvalue weighted by atomic mass is 10.6. The van der Waals surface area contributed by atoms with Gasteiger partial charge in [0.2, 0.25) is 5.95 Å². The summed E-state index contributed by atoms with van der Waals surface area (Å²) < 4.78 is 4.86. The van der Waals surface area contributed by atoms with Crippen LogP contribution in [-0.2, 0) is 0 Å². The molecule has 0 saturated carbocycles. The summed E-state index contributed by atoms with van der Waals surface area (Å²) in [5.74, 6) is 1.26. The number of hydrogen-bond acceptors (Lipinski definition) is 4. The third-order valence-electron chi connectivity index (χ3n) is 1.09. The summed E-state index contributed by atoms with van der Waals surface area (Å²) in [6.45, 7) is 0. The Labute approximate surface area is 71.4 Å². The fourth-order valence-electron chi connectivity index (χ4n) is 0.551. The van der Waals surface area contributed by atoms with Gasteiger partial charge in [-0.3, -0.25) is 0 Å². The number of halogens is 1. The van der Waals surface area contributed by atoms with Crippen molar-refractivity contribution in [1.29, 1.82) is 0 Å². The number of methoxy groups -OCH3 is 1. The average molecular weight is 176 g/mol. The molecule has 0 aliphatic rings. The molecule has 0 atom stereocenters. The molecule has 11 heavy (non-hydrogen) atoms. The maximum atomic E-state index is 4.86. The fourth-order valence-corrected chi connectivity index (χ4v) is 0.551. The second-order valence-corrected chi connectivity index (χ2v) is 1.70. The lowest BCUT2D eigenvalue weighted by Gasteiger charge is -1.98. The van der Waals surface area contributed by atoms with E-state index in [4.69, 9.17) is 4.74 Å². The van der Waals surface area contributed by atoms with E-state index in [1.807, 2.05) is 0 Å². The minimum Gasteiger partial charge on any atom is -0.494 e. The zero-order valence-electron chi connectivity index (χ0n) is 6.37. The Morgan fingerprint density at radius 3 is 2.27 bits per heavy atom. The van der Waals surface area contributed by atoms with Gasteiger partial charge in [0.25, 0.3) is 0 Å². The first-order valence-corrected chi connectivity index (χ1v) is 2.90. The Bertz CT molecular complexity index is 178. The molecular formula is C6H10ClN3O. The highest BCUT2D eigenvalue weighted by molar-refractivity contribution is 5.85. The lowest BCUT2D eigenvalue weighted by Crippen LogP contribution is -1.95. The molecular weight excluding hydrogens is 166 g/mol. The molecule has 4 nitrogen and oxygen atoms in total. The molecule has 0 fully saturated rings. The van der Waals surface area contributed by atoms with Crippen LogP contribution >= 0.6 is 12.4 Å². The summed E-state index contributed by atoms with van der Waals surface area (Å²) in [6.07, 6.45) is 3.22. The molecule has 1 rings (SSSR count). The number of rotatable bonds is 2. The number of aromatic nitrogens is 2. The molecule has 1 aromatic rings. The number of nitrogens with zero attached hydrogens (tertiary/aromatic N) is 2. The van der Waals surface area contributed by atoms with Gasteiger partial charge in [0.15, 0.2) is 5.75 Å². The molecule has 0 radical (unpaired) electrons. The van der Waals surface area contributed by atoms with Crippen LogP contribution in [0.25, 0.3) is 0 Å². The monoisotopic (exact) mass is 175 g/mol. The third-order valence-corrected chi connectivity index (χ3v) is 1.09. The van der Waals surface area contributed by atoms with Gasteiger partial charge in [-0.05, 0) is 0 Å². The quantitative estimate of drug-likeness (QED) is 0.727. The van der Waals surface area contributed by atoms with Crippen molar-refractivity contribution < 1.29 is 4.74 Å². The van der Waals surface area contributed by atoms with Crippen molar-refractivity contribution in [2.24, 2.45) is 0 Å². The Balaban J connectivity index is 0.000001000. The van der Waals surface area contributed by atoms with Crippen molar-refractivity contribution >= 4 is 18.4 Å². The summed E-state index contributed by atoms with van der Waals surface area (Å²) in [4.78, 5) is 7.84.